The van der Waals surface area contributed by atoms with Crippen LogP contribution in [0.3, 0.4) is 0 Å². The number of carbonyl (C=O) groups is 2. The second kappa shape index (κ2) is 8.92. The third-order valence-corrected chi connectivity index (χ3v) is 5.02. The minimum absolute atomic E-state index is 0.0118. The van der Waals surface area contributed by atoms with E-state index in [9.17, 15) is 19.7 Å². The zero-order valence-corrected chi connectivity index (χ0v) is 17.8. The predicted octanol–water partition coefficient (Wildman–Crippen LogP) is 3.01. The number of aryl methyl sites for hydroxylation is 1. The smallest absolute Gasteiger partial charge is 0.311 e. The van der Waals surface area contributed by atoms with E-state index in [2.05, 4.69) is 5.32 Å². The maximum atomic E-state index is 13.2. The van der Waals surface area contributed by atoms with Gasteiger partial charge in [-0.05, 0) is 42.4 Å². The summed E-state index contributed by atoms with van der Waals surface area (Å²) in [4.78, 5) is 37.6. The van der Waals surface area contributed by atoms with Crippen LogP contribution in [-0.2, 0) is 16.0 Å². The van der Waals surface area contributed by atoms with Crippen LogP contribution in [0.1, 0.15) is 18.1 Å². The molecule has 9 nitrogen and oxygen atoms in total. The van der Waals surface area contributed by atoms with Crippen molar-refractivity contribution in [2.24, 2.45) is 0 Å². The van der Waals surface area contributed by atoms with E-state index in [-0.39, 0.29) is 33.4 Å². The van der Waals surface area contributed by atoms with Crippen molar-refractivity contribution in [3.63, 3.8) is 0 Å². The highest BCUT2D eigenvalue weighted by Crippen LogP contribution is 2.36. The number of rotatable bonds is 6. The van der Waals surface area contributed by atoms with Gasteiger partial charge in [0.05, 0.1) is 24.8 Å². The number of nitrogens with one attached hydrogen (secondary N) is 1. The Bertz CT molecular complexity index is 1110. The van der Waals surface area contributed by atoms with Crippen molar-refractivity contribution in [2.75, 3.05) is 19.1 Å². The van der Waals surface area contributed by atoms with Crippen LogP contribution in [0.15, 0.2) is 42.0 Å². The first kappa shape index (κ1) is 21.9. The molecule has 0 bridgehead atoms. The molecular formula is C21H19N3O6S. The lowest BCUT2D eigenvalue weighted by Crippen LogP contribution is -2.54. The molecule has 0 spiro atoms. The van der Waals surface area contributed by atoms with Crippen LogP contribution >= 0.6 is 12.2 Å². The van der Waals surface area contributed by atoms with E-state index in [1.165, 1.54) is 37.3 Å². The van der Waals surface area contributed by atoms with E-state index >= 15 is 0 Å². The first-order valence-electron chi connectivity index (χ1n) is 9.21. The molecule has 1 aliphatic rings. The van der Waals surface area contributed by atoms with Crippen molar-refractivity contribution >= 4 is 46.6 Å². The average Bonchev–Trinajstić information content (AvgIpc) is 2.76. The van der Waals surface area contributed by atoms with Gasteiger partial charge in [0.1, 0.15) is 11.3 Å². The van der Waals surface area contributed by atoms with E-state index in [0.717, 1.165) is 12.0 Å². The summed E-state index contributed by atoms with van der Waals surface area (Å²) in [5.74, 6) is -1.18. The number of hydrogen-bond donors (Lipinski definition) is 1. The molecule has 1 saturated heterocycles. The molecule has 10 heteroatoms. The van der Waals surface area contributed by atoms with Gasteiger partial charge in [0.15, 0.2) is 5.11 Å². The fraction of sp³-hybridized carbons (Fsp3) is 0.190. The first-order valence-corrected chi connectivity index (χ1v) is 9.62. The molecule has 1 heterocycles. The standard InChI is InChI=1S/C21H19N3O6S/c1-4-12-5-7-14(8-6-12)23-20(26)15(19(25)22-21(23)31)9-13-10-16(24(27)28)18(30-3)11-17(13)29-2/h5-11H,4H2,1-3H3,(H,22,25,31)/b15-9+. The first-order chi connectivity index (χ1) is 14.8. The molecule has 2 amide bonds. The van der Waals surface area contributed by atoms with Gasteiger partial charge in [-0.15, -0.1) is 0 Å². The summed E-state index contributed by atoms with van der Waals surface area (Å²) in [6, 6.07) is 9.69. The van der Waals surface area contributed by atoms with Gasteiger partial charge >= 0.3 is 5.69 Å². The lowest BCUT2D eigenvalue weighted by Gasteiger charge is -2.29. The van der Waals surface area contributed by atoms with Gasteiger partial charge < -0.3 is 9.47 Å². The molecule has 0 unspecified atom stereocenters. The summed E-state index contributed by atoms with van der Waals surface area (Å²) in [5, 5.41) is 13.8. The molecule has 0 aliphatic carbocycles. The number of amides is 2. The summed E-state index contributed by atoms with van der Waals surface area (Å²) in [6.45, 7) is 2.01. The largest absolute Gasteiger partial charge is 0.496 e. The Balaban J connectivity index is 2.09. The van der Waals surface area contributed by atoms with Crippen LogP contribution in [0, 0.1) is 10.1 Å². The fourth-order valence-corrected chi connectivity index (χ4v) is 3.37. The van der Waals surface area contributed by atoms with E-state index < -0.39 is 16.7 Å². The Morgan fingerprint density at radius 2 is 1.77 bits per heavy atom. The summed E-state index contributed by atoms with van der Waals surface area (Å²) in [7, 11) is 2.66. The van der Waals surface area contributed by atoms with E-state index in [1.807, 2.05) is 19.1 Å². The number of hydrogen-bond acceptors (Lipinski definition) is 7. The Hall–Kier alpha value is -3.79. The van der Waals surface area contributed by atoms with Crippen LogP contribution in [0.25, 0.3) is 6.08 Å². The molecule has 31 heavy (non-hydrogen) atoms. The van der Waals surface area contributed by atoms with Gasteiger partial charge in [-0.3, -0.25) is 29.9 Å². The SMILES string of the molecule is CCc1ccc(N2C(=O)/C(=C/c3cc([N+](=O)[O-])c(OC)cc3OC)C(=O)NC2=S)cc1. The van der Waals surface area contributed by atoms with Crippen LogP contribution in [0.4, 0.5) is 11.4 Å². The van der Waals surface area contributed by atoms with E-state index in [1.54, 1.807) is 12.1 Å². The van der Waals surface area contributed by atoms with E-state index in [0.29, 0.717) is 5.69 Å². The topological polar surface area (TPSA) is 111 Å². The number of methoxy groups -OCH3 is 2. The maximum Gasteiger partial charge on any atom is 0.311 e. The number of anilines is 1. The maximum absolute atomic E-state index is 13.2. The summed E-state index contributed by atoms with van der Waals surface area (Å²) in [6.07, 6.45) is 2.06. The van der Waals surface area contributed by atoms with Crippen molar-refractivity contribution in [3.8, 4) is 11.5 Å². The molecule has 0 atom stereocenters. The van der Waals surface area contributed by atoms with Crippen molar-refractivity contribution in [1.29, 1.82) is 0 Å². The van der Waals surface area contributed by atoms with Crippen molar-refractivity contribution in [2.45, 2.75) is 13.3 Å². The third kappa shape index (κ3) is 4.24. The molecule has 2 aromatic rings. The van der Waals surface area contributed by atoms with Crippen molar-refractivity contribution in [3.05, 3.63) is 63.2 Å². The molecule has 0 saturated carbocycles. The van der Waals surface area contributed by atoms with Gasteiger partial charge in [0.25, 0.3) is 11.8 Å². The molecule has 1 aliphatic heterocycles. The Morgan fingerprint density at radius 3 is 2.32 bits per heavy atom. The highest BCUT2D eigenvalue weighted by atomic mass is 32.1. The number of benzene rings is 2. The highest BCUT2D eigenvalue weighted by molar-refractivity contribution is 7.80. The number of nitro benzene ring substituents is 1. The molecule has 0 radical (unpaired) electrons. The molecular weight excluding hydrogens is 422 g/mol. The molecule has 1 N–H and O–H groups in total. The van der Waals surface area contributed by atoms with Crippen LogP contribution in [-0.4, -0.2) is 36.1 Å². The molecule has 0 aromatic heterocycles. The number of nitro groups is 1. The van der Waals surface area contributed by atoms with Gasteiger partial charge in [-0.25, -0.2) is 0 Å². The Morgan fingerprint density at radius 1 is 1.13 bits per heavy atom. The van der Waals surface area contributed by atoms with Gasteiger partial charge in [-0.1, -0.05) is 19.1 Å². The Labute approximate surface area is 183 Å². The van der Waals surface area contributed by atoms with Crippen molar-refractivity contribution in [1.82, 2.24) is 5.32 Å². The number of carbonyl (C=O) groups excluding carboxylic acids is 2. The minimum Gasteiger partial charge on any atom is -0.496 e. The molecule has 3 rings (SSSR count). The summed E-state index contributed by atoms with van der Waals surface area (Å²) in [5.41, 5.74) is 1.16. The van der Waals surface area contributed by atoms with Crippen LogP contribution < -0.4 is 19.7 Å². The van der Waals surface area contributed by atoms with Gasteiger partial charge in [0.2, 0.25) is 5.75 Å². The Kier molecular flexibility index (Phi) is 6.30. The van der Waals surface area contributed by atoms with E-state index in [4.69, 9.17) is 21.7 Å². The van der Waals surface area contributed by atoms with Gasteiger partial charge in [-0.2, -0.15) is 0 Å². The van der Waals surface area contributed by atoms with Crippen LogP contribution in [0.5, 0.6) is 11.5 Å². The number of thiocarbonyl (C=S) groups is 1. The number of ether oxygens (including phenoxy) is 2. The second-order valence-electron chi connectivity index (χ2n) is 6.50. The monoisotopic (exact) mass is 441 g/mol. The molecule has 2 aromatic carbocycles. The van der Waals surface area contributed by atoms with Crippen molar-refractivity contribution < 1.29 is 24.0 Å². The average molecular weight is 441 g/mol. The van der Waals surface area contributed by atoms with Crippen LogP contribution in [0.2, 0.25) is 0 Å². The zero-order valence-electron chi connectivity index (χ0n) is 17.0. The fourth-order valence-electron chi connectivity index (χ4n) is 3.09. The molecule has 160 valence electrons. The minimum atomic E-state index is -0.711. The predicted molar refractivity (Wildman–Crippen MR) is 118 cm³/mol. The van der Waals surface area contributed by atoms with Gasteiger partial charge in [0, 0.05) is 17.7 Å². The molecule has 1 fully saturated rings. The lowest BCUT2D eigenvalue weighted by atomic mass is 10.0. The highest BCUT2D eigenvalue weighted by Gasteiger charge is 2.35. The summed E-state index contributed by atoms with van der Waals surface area (Å²) >= 11 is 5.19. The normalized spacial score (nSPS) is 15.1. The third-order valence-electron chi connectivity index (χ3n) is 4.73. The quantitative estimate of drug-likeness (QED) is 0.241. The lowest BCUT2D eigenvalue weighted by molar-refractivity contribution is -0.385. The summed E-state index contributed by atoms with van der Waals surface area (Å²) < 4.78 is 10.3. The second-order valence-corrected chi connectivity index (χ2v) is 6.89. The number of nitrogens with zero attached hydrogens (tertiary/aromatic N) is 2. The zero-order chi connectivity index (χ0) is 22.7.